The lowest BCUT2D eigenvalue weighted by Gasteiger charge is -2.02. The molecule has 0 radical (unpaired) electrons. The highest BCUT2D eigenvalue weighted by Gasteiger charge is 2.21. The van der Waals surface area contributed by atoms with Gasteiger partial charge in [-0.3, -0.25) is 9.59 Å². The van der Waals surface area contributed by atoms with Crippen molar-refractivity contribution in [1.82, 2.24) is 0 Å². The summed E-state index contributed by atoms with van der Waals surface area (Å²) in [7, 11) is 0. The van der Waals surface area contributed by atoms with Crippen molar-refractivity contribution in [3.8, 4) is 5.75 Å². The molecule has 0 fully saturated rings. The molecular weight excluding hydrogens is 435 g/mol. The summed E-state index contributed by atoms with van der Waals surface area (Å²) in [5, 5.41) is 11.9. The molecule has 0 saturated carbocycles. The molecule has 0 aliphatic heterocycles. The van der Waals surface area contributed by atoms with Gasteiger partial charge in [0.1, 0.15) is 11.3 Å². The highest BCUT2D eigenvalue weighted by Crippen LogP contribution is 2.33. The number of carbonyl (C=O) groups excluding carboxylic acids is 2. The minimum atomic E-state index is -0.415. The quantitative estimate of drug-likeness (QED) is 0.265. The predicted octanol–water partition coefficient (Wildman–Crippen LogP) is 6.88. The Balaban J connectivity index is 1.70. The van der Waals surface area contributed by atoms with Crippen LogP contribution in [0.5, 0.6) is 5.75 Å². The van der Waals surface area contributed by atoms with Gasteiger partial charge in [0, 0.05) is 32.6 Å². The maximum absolute atomic E-state index is 12.8. The number of hydrogen-bond donors (Lipinski definition) is 1. The van der Waals surface area contributed by atoms with Gasteiger partial charge in [-0.2, -0.15) is 0 Å². The van der Waals surface area contributed by atoms with E-state index in [4.69, 9.17) is 27.6 Å². The molecule has 0 unspecified atom stereocenters. The number of phenols is 1. The minimum Gasteiger partial charge on any atom is -0.507 e. The molecule has 1 aromatic heterocycles. The second-order valence-electron chi connectivity index (χ2n) is 6.98. The first-order valence-electron chi connectivity index (χ1n) is 9.38. The number of aryl methyl sites for hydroxylation is 1. The summed E-state index contributed by atoms with van der Waals surface area (Å²) in [6, 6.07) is 16.6. The zero-order valence-electron chi connectivity index (χ0n) is 16.4. The number of fused-ring (bicyclic) bond motifs is 1. The lowest BCUT2D eigenvalue weighted by atomic mass is 10.0. The summed E-state index contributed by atoms with van der Waals surface area (Å²) in [5.41, 5.74) is 2.14. The molecule has 154 valence electrons. The smallest absolute Gasteiger partial charge is 0.228 e. The van der Waals surface area contributed by atoms with E-state index in [1.165, 1.54) is 18.2 Å². The van der Waals surface area contributed by atoms with Crippen LogP contribution in [0.1, 0.15) is 37.6 Å². The van der Waals surface area contributed by atoms with Crippen molar-refractivity contribution in [3.63, 3.8) is 0 Å². The van der Waals surface area contributed by atoms with Gasteiger partial charge in [-0.05, 0) is 42.8 Å². The van der Waals surface area contributed by atoms with E-state index in [9.17, 15) is 14.7 Å². The molecule has 0 saturated heterocycles. The van der Waals surface area contributed by atoms with Crippen molar-refractivity contribution < 1.29 is 19.1 Å². The van der Waals surface area contributed by atoms with Gasteiger partial charge in [-0.1, -0.05) is 59.6 Å². The molecule has 31 heavy (non-hydrogen) atoms. The van der Waals surface area contributed by atoms with Crippen LogP contribution in [0.2, 0.25) is 10.0 Å². The summed E-state index contributed by atoms with van der Waals surface area (Å²) in [6.07, 6.45) is 2.87. The second kappa shape index (κ2) is 8.42. The number of carbonyl (C=O) groups is 2. The topological polar surface area (TPSA) is 67.5 Å². The van der Waals surface area contributed by atoms with E-state index in [1.54, 1.807) is 55.5 Å². The molecular formula is C25H16Cl2O4. The van der Waals surface area contributed by atoms with Crippen LogP contribution in [0, 0.1) is 6.92 Å². The average molecular weight is 451 g/mol. The maximum atomic E-state index is 12.8. The molecule has 0 spiro atoms. The highest BCUT2D eigenvalue weighted by atomic mass is 35.5. The molecule has 0 aliphatic rings. The number of ketones is 2. The van der Waals surface area contributed by atoms with Gasteiger partial charge in [0.05, 0.1) is 5.56 Å². The van der Waals surface area contributed by atoms with E-state index in [0.717, 1.165) is 0 Å². The lowest BCUT2D eigenvalue weighted by Crippen LogP contribution is -2.00. The van der Waals surface area contributed by atoms with Crippen molar-refractivity contribution in [2.75, 3.05) is 0 Å². The van der Waals surface area contributed by atoms with Crippen LogP contribution in [-0.2, 0) is 0 Å². The van der Waals surface area contributed by atoms with E-state index in [1.807, 2.05) is 6.07 Å². The van der Waals surface area contributed by atoms with E-state index < -0.39 is 5.78 Å². The van der Waals surface area contributed by atoms with Crippen LogP contribution in [0.15, 0.2) is 71.2 Å². The summed E-state index contributed by atoms with van der Waals surface area (Å²) in [5.74, 6) is -0.744. The summed E-state index contributed by atoms with van der Waals surface area (Å²) in [4.78, 5) is 25.5. The Morgan fingerprint density at radius 3 is 2.45 bits per heavy atom. The summed E-state index contributed by atoms with van der Waals surface area (Å²) >= 11 is 12.0. The summed E-state index contributed by atoms with van der Waals surface area (Å²) in [6.45, 7) is 1.75. The van der Waals surface area contributed by atoms with Gasteiger partial charge in [0.25, 0.3) is 0 Å². The molecule has 0 aliphatic carbocycles. The van der Waals surface area contributed by atoms with E-state index in [2.05, 4.69) is 0 Å². The van der Waals surface area contributed by atoms with Crippen molar-refractivity contribution in [3.05, 3.63) is 105 Å². The van der Waals surface area contributed by atoms with Crippen LogP contribution in [0.3, 0.4) is 0 Å². The van der Waals surface area contributed by atoms with Gasteiger partial charge < -0.3 is 9.52 Å². The monoisotopic (exact) mass is 450 g/mol. The third-order valence-corrected chi connectivity index (χ3v) is 5.50. The van der Waals surface area contributed by atoms with Crippen molar-refractivity contribution in [2.45, 2.75) is 6.92 Å². The van der Waals surface area contributed by atoms with E-state index in [-0.39, 0.29) is 22.9 Å². The molecule has 6 heteroatoms. The van der Waals surface area contributed by atoms with Crippen LogP contribution in [0.25, 0.3) is 17.0 Å². The van der Waals surface area contributed by atoms with Gasteiger partial charge in [-0.25, -0.2) is 0 Å². The summed E-state index contributed by atoms with van der Waals surface area (Å²) < 4.78 is 5.72. The molecule has 0 amide bonds. The van der Waals surface area contributed by atoms with Crippen molar-refractivity contribution in [1.29, 1.82) is 0 Å². The third-order valence-electron chi connectivity index (χ3n) is 4.94. The molecule has 4 rings (SSSR count). The molecule has 0 atom stereocenters. The molecule has 4 aromatic rings. The number of furan rings is 1. The largest absolute Gasteiger partial charge is 0.507 e. The van der Waals surface area contributed by atoms with Gasteiger partial charge in [-0.15, -0.1) is 0 Å². The maximum Gasteiger partial charge on any atom is 0.228 e. The van der Waals surface area contributed by atoms with Crippen LogP contribution >= 0.6 is 23.2 Å². The number of benzene rings is 3. The Bertz CT molecular complexity index is 1350. The van der Waals surface area contributed by atoms with E-state index >= 15 is 0 Å². The Labute approximate surface area is 188 Å². The number of phenolic OH excluding ortho intramolecular Hbond substituents is 1. The number of allylic oxidation sites excluding steroid dienone is 1. The molecule has 1 N–H and O–H groups in total. The average Bonchev–Trinajstić information content (AvgIpc) is 3.07. The Morgan fingerprint density at radius 1 is 1.00 bits per heavy atom. The highest BCUT2D eigenvalue weighted by molar-refractivity contribution is 6.35. The Morgan fingerprint density at radius 2 is 1.74 bits per heavy atom. The minimum absolute atomic E-state index is 0.0939. The SMILES string of the molecule is Cc1c(C(=O)c2ccccc2)oc2cc(O)c(C(=O)/C=C/c3ccc(Cl)cc3Cl)cc12. The normalized spacial score (nSPS) is 11.3. The predicted molar refractivity (Wildman–Crippen MR) is 122 cm³/mol. The molecule has 1 heterocycles. The number of aromatic hydroxyl groups is 1. The number of halogens is 2. The Hall–Kier alpha value is -3.34. The number of rotatable bonds is 5. The lowest BCUT2D eigenvalue weighted by molar-refractivity contribution is 0.101. The van der Waals surface area contributed by atoms with Crippen LogP contribution in [0.4, 0.5) is 0 Å². The third kappa shape index (κ3) is 4.13. The fourth-order valence-corrected chi connectivity index (χ4v) is 3.75. The van der Waals surface area contributed by atoms with Gasteiger partial charge >= 0.3 is 0 Å². The fourth-order valence-electron chi connectivity index (χ4n) is 3.28. The van der Waals surface area contributed by atoms with Gasteiger partial charge in [0.2, 0.25) is 5.78 Å². The van der Waals surface area contributed by atoms with Crippen LogP contribution in [-0.4, -0.2) is 16.7 Å². The number of hydrogen-bond acceptors (Lipinski definition) is 4. The molecule has 3 aromatic carbocycles. The van der Waals surface area contributed by atoms with E-state index in [0.29, 0.717) is 37.7 Å². The molecule has 0 bridgehead atoms. The van der Waals surface area contributed by atoms with Crippen LogP contribution < -0.4 is 0 Å². The molecule has 4 nitrogen and oxygen atoms in total. The fraction of sp³-hybridized carbons (Fsp3) is 0.0400. The first kappa shape index (κ1) is 20.9. The standard InChI is InChI=1S/C25H16Cl2O4/c1-14-18-12-19(21(28)10-8-15-7-9-17(26)11-20(15)27)22(29)13-23(18)31-25(14)24(30)16-5-3-2-4-6-16/h2-13,29H,1H3/b10-8+. The Kier molecular flexibility index (Phi) is 5.68. The zero-order chi connectivity index (χ0) is 22.1. The van der Waals surface area contributed by atoms with Crippen molar-refractivity contribution in [2.24, 2.45) is 0 Å². The first-order valence-corrected chi connectivity index (χ1v) is 10.1. The zero-order valence-corrected chi connectivity index (χ0v) is 17.9. The second-order valence-corrected chi connectivity index (χ2v) is 7.82. The van der Waals surface area contributed by atoms with Crippen molar-refractivity contribution >= 4 is 51.8 Å². The first-order chi connectivity index (χ1) is 14.8. The van der Waals surface area contributed by atoms with Gasteiger partial charge in [0.15, 0.2) is 11.5 Å².